The molecule has 0 aliphatic carbocycles. The maximum atomic E-state index is 9.39. The average molecular weight is 160 g/mol. The Labute approximate surface area is 62.5 Å². The Morgan fingerprint density at radius 1 is 0.727 bits per heavy atom. The molecule has 0 aromatic carbocycles. The van der Waals surface area contributed by atoms with Gasteiger partial charge in [0.15, 0.2) is 12.6 Å². The summed E-state index contributed by atoms with van der Waals surface area (Å²) in [5.41, 5.74) is 0. The Morgan fingerprint density at radius 2 is 1.45 bits per heavy atom. The zero-order valence-corrected chi connectivity index (χ0v) is 5.58. The minimum absolute atomic E-state index is 0.395. The van der Waals surface area contributed by atoms with Gasteiger partial charge in [0.25, 0.3) is 0 Å². The summed E-state index contributed by atoms with van der Waals surface area (Å²) >= 11 is 0. The number of hydrogen-bond acceptors (Lipinski definition) is 5. The predicted octanol–water partition coefficient (Wildman–Crippen LogP) is -1.81. The minimum Gasteiger partial charge on any atom is -0.387 e. The van der Waals surface area contributed by atoms with Crippen LogP contribution in [0.1, 0.15) is 0 Å². The number of aliphatic hydroxyl groups excluding tert-OH is 2. The molecular weight excluding hydrogens is 152 g/mol. The third kappa shape index (κ3) is 0.590. The van der Waals surface area contributed by atoms with Crippen LogP contribution in [0.15, 0.2) is 0 Å². The lowest BCUT2D eigenvalue weighted by Crippen LogP contribution is -2.51. The van der Waals surface area contributed by atoms with E-state index in [9.17, 15) is 10.2 Å². The van der Waals surface area contributed by atoms with E-state index in [4.69, 9.17) is 14.2 Å². The van der Waals surface area contributed by atoms with Crippen molar-refractivity contribution in [2.24, 2.45) is 0 Å². The highest BCUT2D eigenvalue weighted by molar-refractivity contribution is 5.01. The van der Waals surface area contributed by atoms with Crippen molar-refractivity contribution in [3.63, 3.8) is 0 Å². The molecular formula is C6H8O5. The van der Waals surface area contributed by atoms with Crippen molar-refractivity contribution < 1.29 is 24.4 Å². The summed E-state index contributed by atoms with van der Waals surface area (Å²) < 4.78 is 15.3. The van der Waals surface area contributed by atoms with Crippen LogP contribution < -0.4 is 0 Å². The fraction of sp³-hybridized carbons (Fsp3) is 1.00. The Morgan fingerprint density at radius 3 is 2.18 bits per heavy atom. The molecule has 4 bridgehead atoms. The normalized spacial score (nSPS) is 66.0. The summed E-state index contributed by atoms with van der Waals surface area (Å²) in [6.45, 7) is 0. The summed E-state index contributed by atoms with van der Waals surface area (Å²) in [4.78, 5) is 0. The Balaban J connectivity index is 2.00. The summed E-state index contributed by atoms with van der Waals surface area (Å²) in [5, 5.41) is 18.7. The van der Waals surface area contributed by atoms with Gasteiger partial charge < -0.3 is 24.4 Å². The quantitative estimate of drug-likeness (QED) is 0.437. The predicted molar refractivity (Wildman–Crippen MR) is 30.4 cm³/mol. The minimum atomic E-state index is -0.847. The molecule has 4 saturated heterocycles. The van der Waals surface area contributed by atoms with Gasteiger partial charge in [0, 0.05) is 0 Å². The van der Waals surface area contributed by atoms with Crippen LogP contribution in [0.3, 0.4) is 0 Å². The van der Waals surface area contributed by atoms with Gasteiger partial charge in [0.1, 0.15) is 24.4 Å². The molecule has 0 amide bonds. The van der Waals surface area contributed by atoms with Crippen molar-refractivity contribution in [3.8, 4) is 0 Å². The highest BCUT2D eigenvalue weighted by Crippen LogP contribution is 2.41. The molecule has 0 aromatic heterocycles. The standard InChI is InChI=1S/C6H8O5/c7-1-3-2(8)5-10-4(1)6(9-3)11-5/h1-8H. The summed E-state index contributed by atoms with van der Waals surface area (Å²) in [5.74, 6) is 0. The van der Waals surface area contributed by atoms with Crippen LogP contribution >= 0.6 is 0 Å². The van der Waals surface area contributed by atoms with Gasteiger partial charge in [0.2, 0.25) is 0 Å². The Hall–Kier alpha value is -0.200. The zero-order chi connectivity index (χ0) is 7.59. The number of rotatable bonds is 0. The first-order chi connectivity index (χ1) is 5.27. The SMILES string of the molecule is OC1C2OC3OC1C(O)C3O2. The lowest BCUT2D eigenvalue weighted by Gasteiger charge is -2.32. The van der Waals surface area contributed by atoms with Gasteiger partial charge in [-0.15, -0.1) is 0 Å². The molecule has 11 heavy (non-hydrogen) atoms. The van der Waals surface area contributed by atoms with Gasteiger partial charge in [-0.1, -0.05) is 0 Å². The highest BCUT2D eigenvalue weighted by Gasteiger charge is 2.62. The van der Waals surface area contributed by atoms with Gasteiger partial charge >= 0.3 is 0 Å². The van der Waals surface area contributed by atoms with E-state index in [0.717, 1.165) is 0 Å². The molecule has 0 radical (unpaired) electrons. The second-order valence-corrected chi connectivity index (χ2v) is 3.06. The van der Waals surface area contributed by atoms with Crippen LogP contribution in [-0.4, -0.2) is 47.2 Å². The third-order valence-corrected chi connectivity index (χ3v) is 2.41. The molecule has 6 unspecified atom stereocenters. The zero-order valence-electron chi connectivity index (χ0n) is 5.58. The van der Waals surface area contributed by atoms with E-state index < -0.39 is 37.0 Å². The van der Waals surface area contributed by atoms with E-state index in [0.29, 0.717) is 0 Å². The Kier molecular flexibility index (Phi) is 1.01. The molecule has 62 valence electrons. The first-order valence-corrected chi connectivity index (χ1v) is 3.60. The van der Waals surface area contributed by atoms with Gasteiger partial charge in [-0.3, -0.25) is 0 Å². The molecule has 4 aliphatic rings. The van der Waals surface area contributed by atoms with Crippen LogP contribution in [-0.2, 0) is 14.2 Å². The van der Waals surface area contributed by atoms with Crippen LogP contribution in [0.25, 0.3) is 0 Å². The maximum Gasteiger partial charge on any atom is 0.190 e. The van der Waals surface area contributed by atoms with E-state index in [1.54, 1.807) is 0 Å². The molecule has 4 heterocycles. The molecule has 4 rings (SSSR count). The van der Waals surface area contributed by atoms with E-state index in [1.807, 2.05) is 0 Å². The molecule has 0 saturated carbocycles. The molecule has 5 heteroatoms. The summed E-state index contributed by atoms with van der Waals surface area (Å²) in [7, 11) is 0. The molecule has 2 N–H and O–H groups in total. The summed E-state index contributed by atoms with van der Waals surface area (Å²) in [6, 6.07) is 0. The molecule has 6 atom stereocenters. The lowest BCUT2D eigenvalue weighted by molar-refractivity contribution is -0.282. The largest absolute Gasteiger partial charge is 0.387 e. The van der Waals surface area contributed by atoms with Gasteiger partial charge in [-0.2, -0.15) is 0 Å². The van der Waals surface area contributed by atoms with Gasteiger partial charge in [-0.05, 0) is 0 Å². The molecule has 0 aromatic rings. The second kappa shape index (κ2) is 1.75. The number of aliphatic hydroxyl groups is 2. The topological polar surface area (TPSA) is 68.2 Å². The lowest BCUT2D eigenvalue weighted by atomic mass is 10.0. The number of ether oxygens (including phenoxy) is 3. The van der Waals surface area contributed by atoms with Crippen LogP contribution in [0.4, 0.5) is 0 Å². The molecule has 5 nitrogen and oxygen atoms in total. The van der Waals surface area contributed by atoms with E-state index in [2.05, 4.69) is 0 Å². The van der Waals surface area contributed by atoms with Crippen molar-refractivity contribution in [3.05, 3.63) is 0 Å². The maximum absolute atomic E-state index is 9.39. The van der Waals surface area contributed by atoms with E-state index >= 15 is 0 Å². The smallest absolute Gasteiger partial charge is 0.190 e. The highest BCUT2D eigenvalue weighted by atomic mass is 16.8. The fourth-order valence-corrected chi connectivity index (χ4v) is 1.83. The van der Waals surface area contributed by atoms with Crippen molar-refractivity contribution >= 4 is 0 Å². The van der Waals surface area contributed by atoms with Crippen molar-refractivity contribution in [1.29, 1.82) is 0 Å². The van der Waals surface area contributed by atoms with E-state index in [1.165, 1.54) is 0 Å². The Bertz CT molecular complexity index is 189. The molecule has 4 fully saturated rings. The average Bonchev–Trinajstić information content (AvgIpc) is 2.43. The summed E-state index contributed by atoms with van der Waals surface area (Å²) in [6.07, 6.45) is -3.56. The second-order valence-electron chi connectivity index (χ2n) is 3.06. The van der Waals surface area contributed by atoms with Crippen LogP contribution in [0.5, 0.6) is 0 Å². The van der Waals surface area contributed by atoms with Gasteiger partial charge in [0.05, 0.1) is 0 Å². The first-order valence-electron chi connectivity index (χ1n) is 3.60. The van der Waals surface area contributed by atoms with Crippen molar-refractivity contribution in [1.82, 2.24) is 0 Å². The van der Waals surface area contributed by atoms with Crippen molar-refractivity contribution in [2.45, 2.75) is 37.0 Å². The third-order valence-electron chi connectivity index (χ3n) is 2.41. The number of hydrogen-bond donors (Lipinski definition) is 2. The molecule has 4 aliphatic heterocycles. The van der Waals surface area contributed by atoms with Gasteiger partial charge in [-0.25, -0.2) is 0 Å². The monoisotopic (exact) mass is 160 g/mol. The fourth-order valence-electron chi connectivity index (χ4n) is 1.83. The van der Waals surface area contributed by atoms with E-state index in [-0.39, 0.29) is 0 Å². The molecule has 0 spiro atoms. The van der Waals surface area contributed by atoms with Crippen LogP contribution in [0, 0.1) is 0 Å². The van der Waals surface area contributed by atoms with Crippen molar-refractivity contribution in [2.75, 3.05) is 0 Å². The van der Waals surface area contributed by atoms with Crippen LogP contribution in [0.2, 0.25) is 0 Å². The first kappa shape index (κ1) is 6.33.